The Morgan fingerprint density at radius 2 is 1.73 bits per heavy atom. The maximum atomic E-state index is 3.44. The summed E-state index contributed by atoms with van der Waals surface area (Å²) in [6.45, 7) is 15.7. The fourth-order valence-electron chi connectivity index (χ4n) is 2.02. The molecule has 0 spiro atoms. The number of hydrogen-bond acceptors (Lipinski definition) is 2. The summed E-state index contributed by atoms with van der Waals surface area (Å²) in [5.41, 5.74) is 0. The van der Waals surface area contributed by atoms with E-state index in [0.29, 0.717) is 0 Å². The molecule has 1 aliphatic rings. The van der Waals surface area contributed by atoms with Crippen LogP contribution in [0.25, 0.3) is 0 Å². The van der Waals surface area contributed by atoms with Gasteiger partial charge in [0.1, 0.15) is 0 Å². The molecule has 2 heteroatoms. The van der Waals surface area contributed by atoms with Crippen molar-refractivity contribution in [1.29, 1.82) is 0 Å². The van der Waals surface area contributed by atoms with Gasteiger partial charge in [0.2, 0.25) is 0 Å². The predicted octanol–water partition coefficient (Wildman–Crippen LogP) is 2.74. The van der Waals surface area contributed by atoms with Gasteiger partial charge in [-0.3, -0.25) is 0 Å². The smallest absolute Gasteiger partial charge is 0.00385 e. The molecule has 0 bridgehead atoms. The van der Waals surface area contributed by atoms with E-state index >= 15 is 0 Å². The summed E-state index contributed by atoms with van der Waals surface area (Å²) in [6.07, 6.45) is 2.76. The molecule has 1 fully saturated rings. The molecule has 0 aromatic carbocycles. The standard InChI is InChI=1S/C11H24N2.C2H6/c1-4-12-9-11-5-7-13(8-6-11)10(2)3;1-2/h10-12H,4-9H2,1-3H3;1-2H3. The van der Waals surface area contributed by atoms with Crippen molar-refractivity contribution in [2.75, 3.05) is 26.2 Å². The van der Waals surface area contributed by atoms with Crippen molar-refractivity contribution >= 4 is 0 Å². The van der Waals surface area contributed by atoms with Gasteiger partial charge in [0.05, 0.1) is 0 Å². The zero-order valence-electron chi connectivity index (χ0n) is 11.3. The van der Waals surface area contributed by atoms with Crippen LogP contribution in [0.2, 0.25) is 0 Å². The lowest BCUT2D eigenvalue weighted by Gasteiger charge is -2.34. The number of nitrogens with zero attached hydrogens (tertiary/aromatic N) is 1. The number of rotatable bonds is 4. The van der Waals surface area contributed by atoms with Crippen LogP contribution in [-0.2, 0) is 0 Å². The van der Waals surface area contributed by atoms with Gasteiger partial charge in [0, 0.05) is 6.04 Å². The molecule has 1 saturated heterocycles. The van der Waals surface area contributed by atoms with Crippen LogP contribution >= 0.6 is 0 Å². The van der Waals surface area contributed by atoms with Gasteiger partial charge >= 0.3 is 0 Å². The second-order valence-electron chi connectivity index (χ2n) is 4.38. The molecular formula is C13H30N2. The quantitative estimate of drug-likeness (QED) is 0.774. The minimum Gasteiger partial charge on any atom is -0.317 e. The van der Waals surface area contributed by atoms with E-state index in [1.165, 1.54) is 32.5 Å². The van der Waals surface area contributed by atoms with E-state index in [9.17, 15) is 0 Å². The van der Waals surface area contributed by atoms with Gasteiger partial charge in [-0.15, -0.1) is 0 Å². The number of likely N-dealkylation sites (tertiary alicyclic amines) is 1. The van der Waals surface area contributed by atoms with Gasteiger partial charge in [-0.05, 0) is 58.8 Å². The lowest BCUT2D eigenvalue weighted by molar-refractivity contribution is 0.148. The Labute approximate surface area is 96.4 Å². The van der Waals surface area contributed by atoms with E-state index in [4.69, 9.17) is 0 Å². The highest BCUT2D eigenvalue weighted by atomic mass is 15.1. The van der Waals surface area contributed by atoms with Crippen molar-refractivity contribution in [1.82, 2.24) is 10.2 Å². The molecule has 1 aliphatic heterocycles. The van der Waals surface area contributed by atoms with Crippen LogP contribution in [0.5, 0.6) is 0 Å². The molecule has 0 aliphatic carbocycles. The lowest BCUT2D eigenvalue weighted by Crippen LogP contribution is -2.40. The highest BCUT2D eigenvalue weighted by Gasteiger charge is 2.19. The fourth-order valence-corrected chi connectivity index (χ4v) is 2.02. The van der Waals surface area contributed by atoms with Gasteiger partial charge in [0.25, 0.3) is 0 Å². The van der Waals surface area contributed by atoms with Gasteiger partial charge < -0.3 is 10.2 Å². The lowest BCUT2D eigenvalue weighted by atomic mass is 9.96. The van der Waals surface area contributed by atoms with Gasteiger partial charge in [-0.1, -0.05) is 20.8 Å². The Balaban J connectivity index is 0.000000921. The minimum absolute atomic E-state index is 0.736. The Morgan fingerprint density at radius 1 is 1.20 bits per heavy atom. The van der Waals surface area contributed by atoms with E-state index in [1.807, 2.05) is 13.8 Å². The van der Waals surface area contributed by atoms with E-state index in [0.717, 1.165) is 18.5 Å². The first-order chi connectivity index (χ1) is 7.24. The molecule has 1 heterocycles. The summed E-state index contributed by atoms with van der Waals surface area (Å²) in [5, 5.41) is 3.44. The predicted molar refractivity (Wildman–Crippen MR) is 69.3 cm³/mol. The second kappa shape index (κ2) is 9.17. The monoisotopic (exact) mass is 214 g/mol. The molecule has 0 unspecified atom stereocenters. The minimum atomic E-state index is 0.736. The number of nitrogens with one attached hydrogen (secondary N) is 1. The summed E-state index contributed by atoms with van der Waals surface area (Å²) < 4.78 is 0. The molecule has 0 atom stereocenters. The Bertz CT molecular complexity index is 126. The largest absolute Gasteiger partial charge is 0.317 e. The van der Waals surface area contributed by atoms with Crippen LogP contribution < -0.4 is 5.32 Å². The summed E-state index contributed by atoms with van der Waals surface area (Å²) in [4.78, 5) is 2.59. The summed E-state index contributed by atoms with van der Waals surface area (Å²) in [5.74, 6) is 0.926. The maximum Gasteiger partial charge on any atom is 0.00385 e. The normalized spacial score (nSPS) is 18.8. The molecule has 2 nitrogen and oxygen atoms in total. The fraction of sp³-hybridized carbons (Fsp3) is 1.00. The highest BCUT2D eigenvalue weighted by Crippen LogP contribution is 2.17. The van der Waals surface area contributed by atoms with Crippen LogP contribution in [0.3, 0.4) is 0 Å². The van der Waals surface area contributed by atoms with Crippen molar-refractivity contribution in [2.45, 2.75) is 53.5 Å². The summed E-state index contributed by atoms with van der Waals surface area (Å²) >= 11 is 0. The van der Waals surface area contributed by atoms with Crippen molar-refractivity contribution in [3.8, 4) is 0 Å². The molecule has 1 rings (SSSR count). The van der Waals surface area contributed by atoms with Crippen molar-refractivity contribution in [3.05, 3.63) is 0 Å². The second-order valence-corrected chi connectivity index (χ2v) is 4.38. The number of hydrogen-bond donors (Lipinski definition) is 1. The summed E-state index contributed by atoms with van der Waals surface area (Å²) in [7, 11) is 0. The molecular weight excluding hydrogens is 184 g/mol. The summed E-state index contributed by atoms with van der Waals surface area (Å²) in [6, 6.07) is 0.736. The molecule has 0 aromatic rings. The SMILES string of the molecule is CC.CCNCC1CCN(C(C)C)CC1. The zero-order valence-corrected chi connectivity index (χ0v) is 11.3. The van der Waals surface area contributed by atoms with Gasteiger partial charge in [-0.2, -0.15) is 0 Å². The van der Waals surface area contributed by atoms with Gasteiger partial charge in [-0.25, -0.2) is 0 Å². The average molecular weight is 214 g/mol. The van der Waals surface area contributed by atoms with Crippen molar-refractivity contribution in [2.24, 2.45) is 5.92 Å². The van der Waals surface area contributed by atoms with Crippen molar-refractivity contribution in [3.63, 3.8) is 0 Å². The van der Waals surface area contributed by atoms with Crippen LogP contribution in [0.15, 0.2) is 0 Å². The Hall–Kier alpha value is -0.0800. The van der Waals surface area contributed by atoms with E-state index < -0.39 is 0 Å². The Morgan fingerprint density at radius 3 is 2.13 bits per heavy atom. The molecule has 15 heavy (non-hydrogen) atoms. The maximum absolute atomic E-state index is 3.44. The number of piperidine rings is 1. The third-order valence-electron chi connectivity index (χ3n) is 3.06. The molecule has 0 radical (unpaired) electrons. The van der Waals surface area contributed by atoms with Gasteiger partial charge in [0.15, 0.2) is 0 Å². The van der Waals surface area contributed by atoms with Crippen LogP contribution in [-0.4, -0.2) is 37.1 Å². The van der Waals surface area contributed by atoms with Crippen LogP contribution in [0.1, 0.15) is 47.5 Å². The third kappa shape index (κ3) is 6.16. The van der Waals surface area contributed by atoms with E-state index in [-0.39, 0.29) is 0 Å². The molecule has 1 N–H and O–H groups in total. The molecule has 0 aromatic heterocycles. The Kier molecular flexibility index (Phi) is 9.12. The molecule has 0 amide bonds. The topological polar surface area (TPSA) is 15.3 Å². The zero-order chi connectivity index (χ0) is 11.7. The van der Waals surface area contributed by atoms with Crippen LogP contribution in [0.4, 0.5) is 0 Å². The van der Waals surface area contributed by atoms with Crippen molar-refractivity contribution < 1.29 is 0 Å². The average Bonchev–Trinajstić information content (AvgIpc) is 2.29. The van der Waals surface area contributed by atoms with Crippen LogP contribution in [0, 0.1) is 5.92 Å². The first-order valence-corrected chi connectivity index (χ1v) is 6.68. The van der Waals surface area contributed by atoms with E-state index in [2.05, 4.69) is 31.0 Å². The first kappa shape index (κ1) is 14.9. The molecule has 92 valence electrons. The molecule has 0 saturated carbocycles. The third-order valence-corrected chi connectivity index (χ3v) is 3.06. The van der Waals surface area contributed by atoms with E-state index in [1.54, 1.807) is 0 Å². The first-order valence-electron chi connectivity index (χ1n) is 6.68. The highest BCUT2D eigenvalue weighted by molar-refractivity contribution is 4.75.